The Kier molecular flexibility index (Phi) is 11.1. The first kappa shape index (κ1) is 28.7. The number of carbonyl (C=O) groups is 6. The van der Waals surface area contributed by atoms with Gasteiger partial charge in [0.25, 0.3) is 0 Å². The Hall–Kier alpha value is -2.52. The molecule has 2 aliphatic heterocycles. The highest BCUT2D eigenvalue weighted by molar-refractivity contribution is 7.80. The van der Waals surface area contributed by atoms with Gasteiger partial charge in [-0.1, -0.05) is 0 Å². The number of aliphatic carboxylic acids is 1. The molecular weight excluding hydrogens is 500 g/mol. The number of hydrogen-bond donors (Lipinski definition) is 7. The summed E-state index contributed by atoms with van der Waals surface area (Å²) in [7, 11) is 0. The Balaban J connectivity index is 2.00. The number of nitrogens with zero attached hydrogens (tertiary/aromatic N) is 2. The van der Waals surface area contributed by atoms with Crippen molar-refractivity contribution in [2.75, 3.05) is 37.7 Å². The van der Waals surface area contributed by atoms with E-state index >= 15 is 0 Å². The molecule has 2 rings (SSSR count). The average Bonchev–Trinajstić information content (AvgIpc) is 3.53. The Morgan fingerprint density at radius 2 is 1.46 bits per heavy atom. The highest BCUT2D eigenvalue weighted by atomic mass is 32.1. The van der Waals surface area contributed by atoms with Crippen LogP contribution in [0.4, 0.5) is 0 Å². The maximum Gasteiger partial charge on any atom is 0.322 e. The number of nitrogens with one attached hydrogen (secondary N) is 3. The van der Waals surface area contributed by atoms with Gasteiger partial charge >= 0.3 is 5.97 Å². The topological polar surface area (TPSA) is 191 Å². The van der Waals surface area contributed by atoms with Gasteiger partial charge < -0.3 is 36.6 Å². The molecule has 2 heterocycles. The van der Waals surface area contributed by atoms with E-state index in [-0.39, 0.29) is 30.5 Å². The number of carboxylic acid groups (broad SMARTS) is 1. The summed E-state index contributed by atoms with van der Waals surface area (Å²) in [4.78, 5) is 76.3. The minimum absolute atomic E-state index is 0.0630. The van der Waals surface area contributed by atoms with Gasteiger partial charge in [0.1, 0.15) is 30.7 Å². The highest BCUT2D eigenvalue weighted by Gasteiger charge is 2.39. The second-order valence-electron chi connectivity index (χ2n) is 8.24. The van der Waals surface area contributed by atoms with E-state index in [4.69, 9.17) is 10.8 Å². The van der Waals surface area contributed by atoms with E-state index in [2.05, 4.69) is 41.2 Å². The van der Waals surface area contributed by atoms with Gasteiger partial charge in [0.15, 0.2) is 0 Å². The number of rotatable bonds is 11. The summed E-state index contributed by atoms with van der Waals surface area (Å²) in [5.74, 6) is -4.00. The maximum atomic E-state index is 13.1. The van der Waals surface area contributed by atoms with Crippen molar-refractivity contribution in [1.29, 1.82) is 0 Å². The quantitative estimate of drug-likeness (QED) is 0.137. The minimum atomic E-state index is -1.21. The normalized spacial score (nSPS) is 21.2. The molecule has 2 fully saturated rings. The van der Waals surface area contributed by atoms with Crippen LogP contribution in [0.1, 0.15) is 25.7 Å². The van der Waals surface area contributed by atoms with Gasteiger partial charge in [-0.3, -0.25) is 28.8 Å². The van der Waals surface area contributed by atoms with Crippen LogP contribution in [-0.2, 0) is 28.8 Å². The summed E-state index contributed by atoms with van der Waals surface area (Å²) in [5.41, 5.74) is 5.41. The lowest BCUT2D eigenvalue weighted by molar-refractivity contribution is -0.142. The molecule has 0 saturated carbocycles. The Morgan fingerprint density at radius 1 is 0.886 bits per heavy atom. The van der Waals surface area contributed by atoms with Gasteiger partial charge in [0.05, 0.1) is 6.54 Å². The number of hydrogen-bond acceptors (Lipinski definition) is 9. The van der Waals surface area contributed by atoms with Crippen LogP contribution in [0.25, 0.3) is 0 Å². The smallest absolute Gasteiger partial charge is 0.322 e. The van der Waals surface area contributed by atoms with Gasteiger partial charge in [-0.2, -0.15) is 25.3 Å². The molecule has 2 saturated heterocycles. The molecule has 35 heavy (non-hydrogen) atoms. The van der Waals surface area contributed by atoms with E-state index in [0.717, 1.165) is 0 Å². The van der Waals surface area contributed by atoms with Crippen LogP contribution in [0, 0.1) is 0 Å². The molecule has 4 unspecified atom stereocenters. The molecule has 0 aromatic carbocycles. The monoisotopic (exact) mass is 532 g/mol. The molecule has 4 atom stereocenters. The molecule has 2 aliphatic rings. The van der Waals surface area contributed by atoms with Crippen molar-refractivity contribution in [3.05, 3.63) is 0 Å². The minimum Gasteiger partial charge on any atom is -0.480 e. The second-order valence-corrected chi connectivity index (χ2v) is 8.97. The zero-order valence-electron chi connectivity index (χ0n) is 19.1. The summed E-state index contributed by atoms with van der Waals surface area (Å²) in [5, 5.41) is 16.1. The van der Waals surface area contributed by atoms with Crippen LogP contribution in [0.3, 0.4) is 0 Å². The molecule has 15 heteroatoms. The summed E-state index contributed by atoms with van der Waals surface area (Å²) >= 11 is 8.29. The predicted octanol–water partition coefficient (Wildman–Crippen LogP) is -3.04. The van der Waals surface area contributed by atoms with E-state index < -0.39 is 60.3 Å². The highest BCUT2D eigenvalue weighted by Crippen LogP contribution is 2.19. The molecule has 13 nitrogen and oxygen atoms in total. The molecule has 6 N–H and O–H groups in total. The summed E-state index contributed by atoms with van der Waals surface area (Å²) in [6.45, 7) is -0.122. The number of amides is 5. The van der Waals surface area contributed by atoms with Gasteiger partial charge in [0, 0.05) is 24.6 Å². The number of nitrogens with two attached hydrogens (primary N) is 1. The van der Waals surface area contributed by atoms with E-state index in [0.29, 0.717) is 32.2 Å². The lowest BCUT2D eigenvalue weighted by Crippen LogP contribution is -2.59. The van der Waals surface area contributed by atoms with Crippen molar-refractivity contribution < 1.29 is 33.9 Å². The first-order valence-electron chi connectivity index (χ1n) is 11.3. The van der Waals surface area contributed by atoms with Gasteiger partial charge in [-0.05, 0) is 25.7 Å². The van der Waals surface area contributed by atoms with E-state index in [1.165, 1.54) is 9.80 Å². The summed E-state index contributed by atoms with van der Waals surface area (Å²) in [6.07, 6.45) is 1.98. The fraction of sp³-hybridized carbons (Fsp3) is 0.700. The maximum absolute atomic E-state index is 13.1. The van der Waals surface area contributed by atoms with Crippen LogP contribution in [-0.4, -0.2) is 112 Å². The van der Waals surface area contributed by atoms with Gasteiger partial charge in [-0.15, -0.1) is 0 Å². The SMILES string of the molecule is NCC(=O)N1CCCC1C(=O)NC(CS)C(=O)NC(CS)C(=O)N1CCCC1C(=O)NCC(=O)O. The molecule has 5 amide bonds. The Morgan fingerprint density at radius 3 is 2.00 bits per heavy atom. The predicted molar refractivity (Wildman–Crippen MR) is 131 cm³/mol. The van der Waals surface area contributed by atoms with Crippen molar-refractivity contribution >= 4 is 60.8 Å². The van der Waals surface area contributed by atoms with Crippen molar-refractivity contribution in [3.63, 3.8) is 0 Å². The molecular formula is C20H32N6O7S2. The number of carbonyl (C=O) groups excluding carboxylic acids is 5. The third-order valence-electron chi connectivity index (χ3n) is 5.92. The van der Waals surface area contributed by atoms with Crippen LogP contribution >= 0.6 is 25.3 Å². The number of likely N-dealkylation sites (tertiary alicyclic amines) is 2. The average molecular weight is 533 g/mol. The zero-order chi connectivity index (χ0) is 26.1. The first-order chi connectivity index (χ1) is 16.6. The lowest BCUT2D eigenvalue weighted by atomic mass is 10.1. The molecule has 196 valence electrons. The van der Waals surface area contributed by atoms with Crippen molar-refractivity contribution in [3.8, 4) is 0 Å². The van der Waals surface area contributed by atoms with Crippen LogP contribution in [0.2, 0.25) is 0 Å². The number of carboxylic acids is 1. The van der Waals surface area contributed by atoms with E-state index in [9.17, 15) is 28.8 Å². The fourth-order valence-electron chi connectivity index (χ4n) is 4.16. The summed E-state index contributed by atoms with van der Waals surface area (Å²) < 4.78 is 0. The third kappa shape index (κ3) is 7.48. The molecule has 0 spiro atoms. The van der Waals surface area contributed by atoms with Crippen molar-refractivity contribution in [2.24, 2.45) is 5.73 Å². The van der Waals surface area contributed by atoms with Crippen molar-refractivity contribution in [1.82, 2.24) is 25.8 Å². The van der Waals surface area contributed by atoms with Crippen LogP contribution in [0.15, 0.2) is 0 Å². The van der Waals surface area contributed by atoms with Gasteiger partial charge in [-0.25, -0.2) is 0 Å². The van der Waals surface area contributed by atoms with Crippen LogP contribution in [0.5, 0.6) is 0 Å². The second kappa shape index (κ2) is 13.5. The third-order valence-corrected chi connectivity index (χ3v) is 6.65. The standard InChI is InChI=1S/C20H32N6O7S2/c21-7-15(27)25-5-1-4-14(25)19(32)23-11(9-34)17(30)24-12(10-35)20(33)26-6-2-3-13(26)18(31)22-8-16(28)29/h11-14,34-35H,1-10,21H2,(H,22,31)(H,23,32)(H,24,30)(H,28,29). The fourth-order valence-corrected chi connectivity index (χ4v) is 4.66. The summed E-state index contributed by atoms with van der Waals surface area (Å²) in [6, 6.07) is -3.75. The number of thiol groups is 2. The van der Waals surface area contributed by atoms with Gasteiger partial charge in [0.2, 0.25) is 29.5 Å². The zero-order valence-corrected chi connectivity index (χ0v) is 20.9. The molecule has 0 bridgehead atoms. The first-order valence-corrected chi connectivity index (χ1v) is 12.5. The van der Waals surface area contributed by atoms with Crippen molar-refractivity contribution in [2.45, 2.75) is 49.9 Å². The molecule has 0 aromatic rings. The van der Waals surface area contributed by atoms with E-state index in [1.807, 2.05) is 0 Å². The molecule has 0 aliphatic carbocycles. The Bertz CT molecular complexity index is 845. The van der Waals surface area contributed by atoms with E-state index in [1.54, 1.807) is 0 Å². The lowest BCUT2D eigenvalue weighted by Gasteiger charge is -2.29. The largest absolute Gasteiger partial charge is 0.480 e. The molecule has 0 radical (unpaired) electrons. The molecule has 0 aromatic heterocycles. The van der Waals surface area contributed by atoms with Crippen LogP contribution < -0.4 is 21.7 Å². The Labute approximate surface area is 213 Å².